The summed E-state index contributed by atoms with van der Waals surface area (Å²) in [4.78, 5) is 2.62. The zero-order valence-electron chi connectivity index (χ0n) is 12.9. The van der Waals surface area contributed by atoms with Gasteiger partial charge in [-0.3, -0.25) is 14.7 Å². The summed E-state index contributed by atoms with van der Waals surface area (Å²) in [6.07, 6.45) is 9.66. The molecule has 120 valence electrons. The van der Waals surface area contributed by atoms with Gasteiger partial charge in [0, 0.05) is 31.6 Å². The van der Waals surface area contributed by atoms with Crippen LogP contribution >= 0.6 is 0 Å². The van der Waals surface area contributed by atoms with Crippen molar-refractivity contribution < 1.29 is 8.42 Å². The predicted octanol–water partition coefficient (Wildman–Crippen LogP) is 1.27. The largest absolute Gasteiger partial charge is 0.290 e. The van der Waals surface area contributed by atoms with E-state index in [4.69, 9.17) is 0 Å². The molecule has 1 saturated heterocycles. The molecule has 1 N–H and O–H groups in total. The van der Waals surface area contributed by atoms with Crippen LogP contribution in [0.3, 0.4) is 0 Å². The summed E-state index contributed by atoms with van der Waals surface area (Å²) in [5.41, 5.74) is 1.85. The minimum absolute atomic E-state index is 0.0566. The van der Waals surface area contributed by atoms with E-state index in [1.165, 1.54) is 12.5 Å². The van der Waals surface area contributed by atoms with Crippen molar-refractivity contribution in [2.45, 2.75) is 36.7 Å². The Morgan fingerprint density at radius 2 is 2.18 bits per heavy atom. The second kappa shape index (κ2) is 5.85. The number of likely N-dealkylation sites (tertiary alicyclic amines) is 1. The molecule has 0 amide bonds. The monoisotopic (exact) mass is 323 g/mol. The lowest BCUT2D eigenvalue weighted by Gasteiger charge is -2.35. The molecule has 2 aromatic heterocycles. The number of aromatic amines is 1. The molecule has 2 aromatic rings. The summed E-state index contributed by atoms with van der Waals surface area (Å²) in [6, 6.07) is 0.0566. The van der Waals surface area contributed by atoms with E-state index in [-0.39, 0.29) is 6.04 Å². The Kier molecular flexibility index (Phi) is 4.05. The summed E-state index contributed by atoms with van der Waals surface area (Å²) in [6.45, 7) is 1.71. The molecule has 1 atom stereocenters. The average Bonchev–Trinajstić information content (AvgIpc) is 3.08. The number of hydrogen-bond donors (Lipinski definition) is 1. The van der Waals surface area contributed by atoms with E-state index < -0.39 is 9.84 Å². The topological polar surface area (TPSA) is 83.9 Å². The first-order valence-electron chi connectivity index (χ1n) is 7.40. The van der Waals surface area contributed by atoms with Gasteiger partial charge in [0.05, 0.1) is 24.1 Å². The van der Waals surface area contributed by atoms with Crippen molar-refractivity contribution in [2.24, 2.45) is 7.05 Å². The van der Waals surface area contributed by atoms with Crippen LogP contribution in [0.5, 0.6) is 0 Å². The van der Waals surface area contributed by atoms with E-state index in [2.05, 4.69) is 20.2 Å². The predicted molar refractivity (Wildman–Crippen MR) is 81.9 cm³/mol. The van der Waals surface area contributed by atoms with Crippen LogP contribution in [0.2, 0.25) is 0 Å². The van der Waals surface area contributed by atoms with Crippen molar-refractivity contribution in [3.05, 3.63) is 29.8 Å². The van der Waals surface area contributed by atoms with Gasteiger partial charge in [-0.25, -0.2) is 8.42 Å². The third kappa shape index (κ3) is 3.07. The number of hydrogen-bond acceptors (Lipinski definition) is 5. The maximum absolute atomic E-state index is 11.9. The highest BCUT2D eigenvalue weighted by molar-refractivity contribution is 7.90. The average molecular weight is 323 g/mol. The van der Waals surface area contributed by atoms with Crippen LogP contribution in [0.15, 0.2) is 23.5 Å². The lowest BCUT2D eigenvalue weighted by Crippen LogP contribution is -2.33. The zero-order valence-corrected chi connectivity index (χ0v) is 13.7. The number of piperidine rings is 1. The fraction of sp³-hybridized carbons (Fsp3) is 0.571. The molecule has 8 heteroatoms. The second-order valence-corrected chi connectivity index (χ2v) is 7.91. The Morgan fingerprint density at radius 3 is 2.86 bits per heavy atom. The number of nitrogens with zero attached hydrogens (tertiary/aromatic N) is 4. The van der Waals surface area contributed by atoms with E-state index >= 15 is 0 Å². The Morgan fingerprint density at radius 1 is 1.36 bits per heavy atom. The van der Waals surface area contributed by atoms with E-state index in [0.29, 0.717) is 10.6 Å². The molecule has 0 aromatic carbocycles. The molecule has 0 aliphatic carbocycles. The molecule has 0 bridgehead atoms. The molecule has 1 fully saturated rings. The lowest BCUT2D eigenvalue weighted by molar-refractivity contribution is 0.135. The van der Waals surface area contributed by atoms with Crippen molar-refractivity contribution in [2.75, 3.05) is 12.8 Å². The smallest absolute Gasteiger partial charge is 0.178 e. The molecule has 0 saturated carbocycles. The van der Waals surface area contributed by atoms with Gasteiger partial charge in [-0.15, -0.1) is 0 Å². The van der Waals surface area contributed by atoms with Gasteiger partial charge in [-0.05, 0) is 19.4 Å². The Hall–Kier alpha value is -1.67. The van der Waals surface area contributed by atoms with E-state index in [1.807, 2.05) is 19.4 Å². The Labute approximate surface area is 130 Å². The highest BCUT2D eigenvalue weighted by atomic mass is 32.2. The third-order valence-corrected chi connectivity index (χ3v) is 5.25. The van der Waals surface area contributed by atoms with Gasteiger partial charge in [-0.1, -0.05) is 6.42 Å². The maximum atomic E-state index is 11.9. The third-order valence-electron chi connectivity index (χ3n) is 4.12. The molecule has 7 nitrogen and oxygen atoms in total. The fourth-order valence-corrected chi connectivity index (χ4v) is 3.94. The maximum Gasteiger partial charge on any atom is 0.178 e. The molecular formula is C14H21N5O2S. The van der Waals surface area contributed by atoms with Gasteiger partial charge in [0.1, 0.15) is 4.90 Å². The van der Waals surface area contributed by atoms with Crippen LogP contribution in [0, 0.1) is 0 Å². The van der Waals surface area contributed by atoms with Gasteiger partial charge in [0.15, 0.2) is 9.84 Å². The number of rotatable bonds is 4. The van der Waals surface area contributed by atoms with Gasteiger partial charge < -0.3 is 0 Å². The molecule has 0 spiro atoms. The lowest BCUT2D eigenvalue weighted by atomic mass is 9.99. The number of aryl methyl sites for hydroxylation is 1. The van der Waals surface area contributed by atoms with Crippen molar-refractivity contribution >= 4 is 9.84 Å². The quantitative estimate of drug-likeness (QED) is 0.916. The highest BCUT2D eigenvalue weighted by Gasteiger charge is 2.30. The van der Waals surface area contributed by atoms with Crippen molar-refractivity contribution in [3.63, 3.8) is 0 Å². The molecule has 0 radical (unpaired) electrons. The van der Waals surface area contributed by atoms with E-state index in [1.54, 1.807) is 4.68 Å². The second-order valence-electron chi connectivity index (χ2n) is 5.92. The van der Waals surface area contributed by atoms with E-state index in [0.717, 1.165) is 37.9 Å². The first-order chi connectivity index (χ1) is 10.4. The summed E-state index contributed by atoms with van der Waals surface area (Å²) in [7, 11) is -1.37. The van der Waals surface area contributed by atoms with Crippen LogP contribution in [0.25, 0.3) is 0 Å². The molecular weight excluding hydrogens is 302 g/mol. The van der Waals surface area contributed by atoms with Gasteiger partial charge in [0.2, 0.25) is 0 Å². The number of aromatic nitrogens is 4. The summed E-state index contributed by atoms with van der Waals surface area (Å²) in [5, 5.41) is 11.1. The van der Waals surface area contributed by atoms with Crippen LogP contribution in [-0.2, 0) is 23.4 Å². The Balaban J connectivity index is 1.88. The standard InChI is InChI=1S/C14H21N5O2S/c1-18-9-11(7-16-18)10-19-6-4-3-5-12(19)14-13(8-15-17-14)22(2,20)21/h7-9,12H,3-6,10H2,1-2H3,(H,15,17). The first kappa shape index (κ1) is 15.2. The zero-order chi connectivity index (χ0) is 15.7. The van der Waals surface area contributed by atoms with Gasteiger partial charge in [-0.2, -0.15) is 10.2 Å². The molecule has 3 rings (SSSR count). The molecule has 1 unspecified atom stereocenters. The minimum atomic E-state index is -3.27. The summed E-state index contributed by atoms with van der Waals surface area (Å²) < 4.78 is 25.7. The van der Waals surface area contributed by atoms with Crippen LogP contribution < -0.4 is 0 Å². The van der Waals surface area contributed by atoms with Crippen molar-refractivity contribution in [3.8, 4) is 0 Å². The summed E-state index contributed by atoms with van der Waals surface area (Å²) in [5.74, 6) is 0. The highest BCUT2D eigenvalue weighted by Crippen LogP contribution is 2.34. The van der Waals surface area contributed by atoms with Crippen LogP contribution in [-0.4, -0.2) is 46.1 Å². The Bertz CT molecular complexity index is 749. The number of sulfone groups is 1. The SMILES string of the molecule is Cn1cc(CN2CCCCC2c2[nH]ncc2S(C)(=O)=O)cn1. The van der Waals surface area contributed by atoms with Crippen molar-refractivity contribution in [1.82, 2.24) is 24.9 Å². The minimum Gasteiger partial charge on any atom is -0.290 e. The normalized spacial score (nSPS) is 20.4. The number of nitrogens with one attached hydrogen (secondary N) is 1. The number of H-pyrrole nitrogens is 1. The van der Waals surface area contributed by atoms with Gasteiger partial charge in [0.25, 0.3) is 0 Å². The van der Waals surface area contributed by atoms with Crippen molar-refractivity contribution in [1.29, 1.82) is 0 Å². The van der Waals surface area contributed by atoms with Gasteiger partial charge >= 0.3 is 0 Å². The van der Waals surface area contributed by atoms with E-state index in [9.17, 15) is 8.42 Å². The molecule has 1 aliphatic heterocycles. The van der Waals surface area contributed by atoms with Crippen LogP contribution in [0.4, 0.5) is 0 Å². The molecule has 22 heavy (non-hydrogen) atoms. The van der Waals surface area contributed by atoms with Crippen LogP contribution in [0.1, 0.15) is 36.6 Å². The summed E-state index contributed by atoms with van der Waals surface area (Å²) >= 11 is 0. The first-order valence-corrected chi connectivity index (χ1v) is 9.29. The fourth-order valence-electron chi connectivity index (χ4n) is 3.11. The molecule has 1 aliphatic rings. The molecule has 3 heterocycles.